The molecule has 0 aromatic heterocycles. The highest BCUT2D eigenvalue weighted by Gasteiger charge is 2.32. The van der Waals surface area contributed by atoms with Crippen molar-refractivity contribution < 1.29 is 24.2 Å². The van der Waals surface area contributed by atoms with Crippen molar-refractivity contribution in [3.63, 3.8) is 0 Å². The van der Waals surface area contributed by atoms with Crippen molar-refractivity contribution in [2.75, 3.05) is 13.2 Å². The number of nitrogens with zero attached hydrogens (tertiary/aromatic N) is 1. The normalized spacial score (nSPS) is 13.1. The number of hydrogen-bond donors (Lipinski definition) is 2. The third kappa shape index (κ3) is 5.95. The lowest BCUT2D eigenvalue weighted by molar-refractivity contribution is -0.148. The summed E-state index contributed by atoms with van der Waals surface area (Å²) < 4.78 is 5.61. The fraction of sp³-hybridized carbons (Fsp3) is 0.444. The summed E-state index contributed by atoms with van der Waals surface area (Å²) in [6, 6.07) is 16.3. The molecule has 0 heterocycles. The zero-order chi connectivity index (χ0) is 25.1. The van der Waals surface area contributed by atoms with Gasteiger partial charge >= 0.3 is 12.1 Å². The third-order valence-corrected chi connectivity index (χ3v) is 6.15. The number of amides is 2. The van der Waals surface area contributed by atoms with Crippen molar-refractivity contribution in [2.45, 2.75) is 64.5 Å². The number of rotatable bonds is 8. The fourth-order valence-electron chi connectivity index (χ4n) is 4.36. The second kappa shape index (κ2) is 9.87. The van der Waals surface area contributed by atoms with Gasteiger partial charge in [-0.15, -0.1) is 0 Å². The Morgan fingerprint density at radius 3 is 1.97 bits per heavy atom. The lowest BCUT2D eigenvalue weighted by Gasteiger charge is -2.35. The summed E-state index contributed by atoms with van der Waals surface area (Å²) in [7, 11) is 0. The molecule has 2 amide bonds. The van der Waals surface area contributed by atoms with E-state index in [2.05, 4.69) is 29.6 Å². The summed E-state index contributed by atoms with van der Waals surface area (Å²) in [5.41, 5.74) is 3.29. The number of carbonyl (C=O) groups excluding carboxylic acids is 2. The molecule has 0 saturated heterocycles. The van der Waals surface area contributed by atoms with E-state index in [1.165, 1.54) is 4.90 Å². The fourth-order valence-corrected chi connectivity index (χ4v) is 4.36. The highest BCUT2D eigenvalue weighted by Crippen LogP contribution is 2.44. The van der Waals surface area contributed by atoms with Gasteiger partial charge < -0.3 is 20.1 Å². The van der Waals surface area contributed by atoms with Gasteiger partial charge in [-0.05, 0) is 63.3 Å². The molecule has 34 heavy (non-hydrogen) atoms. The second-order valence-electron chi connectivity index (χ2n) is 10.4. The number of carbonyl (C=O) groups is 3. The van der Waals surface area contributed by atoms with Crippen LogP contribution in [0.2, 0.25) is 0 Å². The zero-order valence-corrected chi connectivity index (χ0v) is 20.6. The Hall–Kier alpha value is -3.35. The summed E-state index contributed by atoms with van der Waals surface area (Å²) >= 11 is 0. The minimum absolute atomic E-state index is 0.0285. The predicted molar refractivity (Wildman–Crippen MR) is 131 cm³/mol. The molecule has 2 aromatic rings. The number of carboxylic acids is 1. The first-order valence-corrected chi connectivity index (χ1v) is 11.5. The molecular formula is C27H34N2O5. The maximum atomic E-state index is 12.7. The van der Waals surface area contributed by atoms with Crippen LogP contribution in [0.15, 0.2) is 48.5 Å². The standard InChI is InChI=1S/C27H34N2O5/c1-26(2,3)29(16-24(31)32)23(30)14-15-27(4,5)28-25(33)34-17-22-20-12-8-6-10-18(20)19-11-7-9-13-21(19)22/h6-13,22H,14-17H2,1-5H3,(H,28,33)(H,31,32). The van der Waals surface area contributed by atoms with Crippen LogP contribution in [-0.2, 0) is 14.3 Å². The van der Waals surface area contributed by atoms with Crippen molar-refractivity contribution in [1.82, 2.24) is 10.2 Å². The topological polar surface area (TPSA) is 95.9 Å². The van der Waals surface area contributed by atoms with Crippen LogP contribution in [0.25, 0.3) is 11.1 Å². The highest BCUT2D eigenvalue weighted by molar-refractivity contribution is 5.82. The van der Waals surface area contributed by atoms with Gasteiger partial charge in [0.1, 0.15) is 13.2 Å². The van der Waals surface area contributed by atoms with E-state index in [1.807, 2.05) is 38.1 Å². The smallest absolute Gasteiger partial charge is 0.407 e. The number of carboxylic acid groups (broad SMARTS) is 1. The number of ether oxygens (including phenoxy) is 1. The van der Waals surface area contributed by atoms with Crippen molar-refractivity contribution in [1.29, 1.82) is 0 Å². The number of hydrogen-bond acceptors (Lipinski definition) is 4. The molecule has 7 nitrogen and oxygen atoms in total. The third-order valence-electron chi connectivity index (χ3n) is 6.15. The molecule has 0 atom stereocenters. The van der Waals surface area contributed by atoms with Crippen molar-refractivity contribution >= 4 is 18.0 Å². The quantitative estimate of drug-likeness (QED) is 0.583. The Balaban J connectivity index is 1.57. The SMILES string of the molecule is CC(C)(CCC(=O)N(CC(=O)O)C(C)(C)C)NC(=O)OCC1c2ccccc2-c2ccccc21. The van der Waals surface area contributed by atoms with Gasteiger partial charge in [-0.1, -0.05) is 48.5 Å². The first-order valence-electron chi connectivity index (χ1n) is 11.5. The summed E-state index contributed by atoms with van der Waals surface area (Å²) in [6.45, 7) is 8.89. The van der Waals surface area contributed by atoms with Crippen LogP contribution in [0.4, 0.5) is 4.79 Å². The molecule has 1 aliphatic rings. The molecule has 0 fully saturated rings. The molecule has 0 unspecified atom stereocenters. The van der Waals surface area contributed by atoms with E-state index in [-0.39, 0.29) is 31.4 Å². The Bertz CT molecular complexity index is 1030. The van der Waals surface area contributed by atoms with E-state index in [9.17, 15) is 14.4 Å². The largest absolute Gasteiger partial charge is 0.480 e. The Kier molecular flexibility index (Phi) is 7.34. The molecule has 7 heteroatoms. The number of aliphatic carboxylic acids is 1. The average Bonchev–Trinajstić information content (AvgIpc) is 3.07. The van der Waals surface area contributed by atoms with E-state index in [1.54, 1.807) is 20.8 Å². The number of alkyl carbamates (subject to hydrolysis) is 1. The monoisotopic (exact) mass is 466 g/mol. The van der Waals surface area contributed by atoms with Gasteiger partial charge in [-0.3, -0.25) is 9.59 Å². The zero-order valence-electron chi connectivity index (χ0n) is 20.6. The van der Waals surface area contributed by atoms with Crippen LogP contribution in [0.3, 0.4) is 0 Å². The molecule has 1 aliphatic carbocycles. The van der Waals surface area contributed by atoms with Crippen LogP contribution in [0.1, 0.15) is 64.5 Å². The van der Waals surface area contributed by atoms with Gasteiger partial charge in [0, 0.05) is 23.4 Å². The van der Waals surface area contributed by atoms with Crippen LogP contribution < -0.4 is 5.32 Å². The number of benzene rings is 2. The Morgan fingerprint density at radius 2 is 1.47 bits per heavy atom. The first kappa shape index (κ1) is 25.3. The van der Waals surface area contributed by atoms with Gasteiger partial charge in [-0.25, -0.2) is 4.79 Å². The van der Waals surface area contributed by atoms with E-state index >= 15 is 0 Å². The van der Waals surface area contributed by atoms with Crippen molar-refractivity contribution in [3.05, 3.63) is 59.7 Å². The van der Waals surface area contributed by atoms with Crippen molar-refractivity contribution in [2.24, 2.45) is 0 Å². The van der Waals surface area contributed by atoms with E-state index in [4.69, 9.17) is 9.84 Å². The molecular weight excluding hydrogens is 432 g/mol. The number of fused-ring (bicyclic) bond motifs is 3. The average molecular weight is 467 g/mol. The number of nitrogens with one attached hydrogen (secondary N) is 1. The summed E-state index contributed by atoms with van der Waals surface area (Å²) in [5, 5.41) is 12.0. The summed E-state index contributed by atoms with van der Waals surface area (Å²) in [4.78, 5) is 37.8. The molecule has 0 aliphatic heterocycles. The first-order chi connectivity index (χ1) is 15.9. The molecule has 0 radical (unpaired) electrons. The van der Waals surface area contributed by atoms with Gasteiger partial charge in [0.05, 0.1) is 0 Å². The van der Waals surface area contributed by atoms with Gasteiger partial charge in [-0.2, -0.15) is 0 Å². The summed E-state index contributed by atoms with van der Waals surface area (Å²) in [6.07, 6.45) is -0.0822. The van der Waals surface area contributed by atoms with Gasteiger partial charge in [0.15, 0.2) is 0 Å². The Labute approximate surface area is 201 Å². The lowest BCUT2D eigenvalue weighted by atomic mass is 9.97. The van der Waals surface area contributed by atoms with Crippen LogP contribution in [0.5, 0.6) is 0 Å². The summed E-state index contributed by atoms with van der Waals surface area (Å²) in [5.74, 6) is -1.35. The lowest BCUT2D eigenvalue weighted by Crippen LogP contribution is -2.49. The molecule has 3 rings (SSSR count). The van der Waals surface area contributed by atoms with Crippen LogP contribution in [0, 0.1) is 0 Å². The van der Waals surface area contributed by atoms with E-state index < -0.39 is 23.1 Å². The van der Waals surface area contributed by atoms with Crippen molar-refractivity contribution in [3.8, 4) is 11.1 Å². The van der Waals surface area contributed by atoms with Gasteiger partial charge in [0.25, 0.3) is 0 Å². The molecule has 0 saturated carbocycles. The molecule has 0 bridgehead atoms. The minimum atomic E-state index is -1.06. The van der Waals surface area contributed by atoms with E-state index in [0.717, 1.165) is 22.3 Å². The molecule has 2 aromatic carbocycles. The van der Waals surface area contributed by atoms with E-state index in [0.29, 0.717) is 6.42 Å². The Morgan fingerprint density at radius 1 is 0.941 bits per heavy atom. The molecule has 2 N–H and O–H groups in total. The highest BCUT2D eigenvalue weighted by atomic mass is 16.5. The second-order valence-corrected chi connectivity index (χ2v) is 10.4. The maximum absolute atomic E-state index is 12.7. The van der Waals surface area contributed by atoms with Gasteiger partial charge in [0.2, 0.25) is 5.91 Å². The minimum Gasteiger partial charge on any atom is -0.480 e. The maximum Gasteiger partial charge on any atom is 0.407 e. The predicted octanol–water partition coefficient (Wildman–Crippen LogP) is 4.80. The van der Waals surface area contributed by atoms with Crippen LogP contribution >= 0.6 is 0 Å². The molecule has 182 valence electrons. The molecule has 0 spiro atoms. The van der Waals surface area contributed by atoms with Crippen LogP contribution in [-0.4, -0.2) is 52.2 Å².